The number of nitrogens with zero attached hydrogens (tertiary/aromatic N) is 1. The molecule has 1 aliphatic heterocycles. The van der Waals surface area contributed by atoms with Crippen LogP contribution in [0.4, 0.5) is 18.2 Å². The summed E-state index contributed by atoms with van der Waals surface area (Å²) in [5.74, 6) is -1.91. The second kappa shape index (κ2) is 6.11. The van der Waals surface area contributed by atoms with Gasteiger partial charge in [-0.25, -0.2) is 13.2 Å². The van der Waals surface area contributed by atoms with Crippen molar-refractivity contribution < 1.29 is 18.3 Å². The number of benzene rings is 2. The zero-order valence-electron chi connectivity index (χ0n) is 14.3. The Morgan fingerprint density at radius 3 is 2.63 bits per heavy atom. The number of alkyl halides is 1. The van der Waals surface area contributed by atoms with E-state index < -0.39 is 23.9 Å². The highest BCUT2D eigenvalue weighted by Crippen LogP contribution is 2.51. The van der Waals surface area contributed by atoms with Crippen LogP contribution in [0.2, 0.25) is 0 Å². The molecule has 2 atom stereocenters. The Hall–Kier alpha value is -2.31. The maximum absolute atomic E-state index is 14.8. The van der Waals surface area contributed by atoms with Gasteiger partial charge in [0.05, 0.1) is 5.00 Å². The van der Waals surface area contributed by atoms with Crippen LogP contribution < -0.4 is 4.90 Å². The fourth-order valence-electron chi connectivity index (χ4n) is 4.01. The molecule has 0 amide bonds. The van der Waals surface area contributed by atoms with Gasteiger partial charge in [0.2, 0.25) is 0 Å². The standard InChI is InChI=1S/C21H16F3NOS/c22-11-7-8-25(10-11)17-9-15-18-14(5-6-16(23)19(18)24)20(26)12-3-1-2-4-13(12)21(15)27-17/h1-6,9,11,20,26H,7-8,10H2/t11-,20?/m1/s1. The van der Waals surface area contributed by atoms with Gasteiger partial charge in [-0.1, -0.05) is 30.3 Å². The van der Waals surface area contributed by atoms with Gasteiger partial charge in [0.25, 0.3) is 0 Å². The van der Waals surface area contributed by atoms with E-state index in [1.54, 1.807) is 12.1 Å². The van der Waals surface area contributed by atoms with Crippen molar-refractivity contribution in [1.82, 2.24) is 0 Å². The lowest BCUT2D eigenvalue weighted by atomic mass is 9.95. The lowest BCUT2D eigenvalue weighted by Gasteiger charge is -2.17. The highest BCUT2D eigenvalue weighted by Gasteiger charge is 2.32. The maximum atomic E-state index is 14.8. The quantitative estimate of drug-likeness (QED) is 0.612. The first-order valence-corrected chi connectivity index (χ1v) is 9.64. The molecular formula is C21H16F3NOS. The SMILES string of the molecule is OC1c2ccccc2-c2sc(N3CC[C@@H](F)C3)cc2-c2c1ccc(F)c2F. The van der Waals surface area contributed by atoms with Gasteiger partial charge in [0.15, 0.2) is 11.6 Å². The molecule has 5 rings (SSSR count). The van der Waals surface area contributed by atoms with Crippen molar-refractivity contribution in [2.75, 3.05) is 18.0 Å². The van der Waals surface area contributed by atoms with Crippen molar-refractivity contribution in [3.05, 3.63) is 65.2 Å². The van der Waals surface area contributed by atoms with E-state index in [0.717, 1.165) is 21.5 Å². The fourth-order valence-corrected chi connectivity index (χ4v) is 5.26. The number of hydrogen-bond acceptors (Lipinski definition) is 3. The summed E-state index contributed by atoms with van der Waals surface area (Å²) in [5, 5.41) is 11.7. The van der Waals surface area contributed by atoms with Crippen LogP contribution in [-0.4, -0.2) is 24.4 Å². The zero-order valence-corrected chi connectivity index (χ0v) is 15.1. The van der Waals surface area contributed by atoms with Crippen LogP contribution in [-0.2, 0) is 0 Å². The van der Waals surface area contributed by atoms with Crippen molar-refractivity contribution in [2.45, 2.75) is 18.7 Å². The Morgan fingerprint density at radius 1 is 1.04 bits per heavy atom. The second-order valence-electron chi connectivity index (χ2n) is 6.97. The molecule has 0 bridgehead atoms. The summed E-state index contributed by atoms with van der Waals surface area (Å²) in [4.78, 5) is 2.71. The molecule has 6 heteroatoms. The minimum Gasteiger partial charge on any atom is -0.384 e. The summed E-state index contributed by atoms with van der Waals surface area (Å²) >= 11 is 1.43. The number of aliphatic hydroxyl groups excluding tert-OH is 1. The third-order valence-electron chi connectivity index (χ3n) is 5.35. The first kappa shape index (κ1) is 16.8. The number of fused-ring (bicyclic) bond motifs is 5. The van der Waals surface area contributed by atoms with Crippen LogP contribution in [0.25, 0.3) is 21.6 Å². The van der Waals surface area contributed by atoms with Gasteiger partial charge >= 0.3 is 0 Å². The molecule has 2 aliphatic rings. The lowest BCUT2D eigenvalue weighted by Crippen LogP contribution is -2.18. The predicted molar refractivity (Wildman–Crippen MR) is 101 cm³/mol. The number of halogens is 3. The van der Waals surface area contributed by atoms with Crippen molar-refractivity contribution in [1.29, 1.82) is 0 Å². The van der Waals surface area contributed by atoms with Gasteiger partial charge < -0.3 is 10.0 Å². The number of anilines is 1. The number of rotatable bonds is 1. The monoisotopic (exact) mass is 387 g/mol. The predicted octanol–water partition coefficient (Wildman–Crippen LogP) is 5.30. The van der Waals surface area contributed by atoms with Gasteiger partial charge in [-0.2, -0.15) is 0 Å². The average Bonchev–Trinajstić information content (AvgIpc) is 3.27. The van der Waals surface area contributed by atoms with Crippen molar-refractivity contribution in [3.63, 3.8) is 0 Å². The molecule has 2 nitrogen and oxygen atoms in total. The minimum atomic E-state index is -1.05. The first-order chi connectivity index (χ1) is 13.0. The van der Waals surface area contributed by atoms with Gasteiger partial charge in [-0.3, -0.25) is 0 Å². The van der Waals surface area contributed by atoms with Gasteiger partial charge in [0, 0.05) is 29.1 Å². The second-order valence-corrected chi connectivity index (χ2v) is 8.01. The van der Waals surface area contributed by atoms with Crippen LogP contribution >= 0.6 is 11.3 Å². The van der Waals surface area contributed by atoms with Crippen LogP contribution in [0.1, 0.15) is 23.7 Å². The molecule has 27 heavy (non-hydrogen) atoms. The molecule has 1 N–H and O–H groups in total. The Balaban J connectivity index is 1.80. The Labute approximate surface area is 158 Å². The van der Waals surface area contributed by atoms with E-state index in [9.17, 15) is 18.3 Å². The molecule has 1 aromatic heterocycles. The third kappa shape index (κ3) is 2.51. The largest absolute Gasteiger partial charge is 0.384 e. The highest BCUT2D eigenvalue weighted by molar-refractivity contribution is 7.20. The van der Waals surface area contributed by atoms with E-state index in [1.165, 1.54) is 17.4 Å². The van der Waals surface area contributed by atoms with Gasteiger partial charge in [0.1, 0.15) is 12.3 Å². The van der Waals surface area contributed by atoms with E-state index in [1.807, 2.05) is 23.1 Å². The third-order valence-corrected chi connectivity index (χ3v) is 6.58. The summed E-state index contributed by atoms with van der Waals surface area (Å²) in [6.45, 7) is 0.908. The summed E-state index contributed by atoms with van der Waals surface area (Å²) in [5.41, 5.74) is 2.43. The van der Waals surface area contributed by atoms with Gasteiger partial charge in [-0.05, 0) is 35.2 Å². The molecule has 2 aromatic carbocycles. The summed E-state index contributed by atoms with van der Waals surface area (Å²) < 4.78 is 42.5. The number of hydrogen-bond donors (Lipinski definition) is 1. The van der Waals surface area contributed by atoms with Crippen LogP contribution in [0.3, 0.4) is 0 Å². The number of aliphatic hydroxyl groups is 1. The zero-order chi connectivity index (χ0) is 18.7. The first-order valence-electron chi connectivity index (χ1n) is 8.83. The number of thiophene rings is 1. The van der Waals surface area contributed by atoms with E-state index in [-0.39, 0.29) is 5.56 Å². The Morgan fingerprint density at radius 2 is 1.85 bits per heavy atom. The van der Waals surface area contributed by atoms with Crippen LogP contribution in [0, 0.1) is 11.6 Å². The molecule has 0 saturated carbocycles. The van der Waals surface area contributed by atoms with E-state index in [2.05, 4.69) is 0 Å². The summed E-state index contributed by atoms with van der Waals surface area (Å²) in [6, 6.07) is 11.6. The van der Waals surface area contributed by atoms with Crippen LogP contribution in [0.5, 0.6) is 0 Å². The molecule has 1 fully saturated rings. The maximum Gasteiger partial charge on any atom is 0.167 e. The van der Waals surface area contributed by atoms with Crippen molar-refractivity contribution in [2.24, 2.45) is 0 Å². The molecule has 1 saturated heterocycles. The molecule has 0 radical (unpaired) electrons. The highest BCUT2D eigenvalue weighted by atomic mass is 32.1. The minimum absolute atomic E-state index is 0.0900. The van der Waals surface area contributed by atoms with Crippen LogP contribution in [0.15, 0.2) is 42.5 Å². The molecule has 1 unspecified atom stereocenters. The van der Waals surface area contributed by atoms with E-state index in [0.29, 0.717) is 36.2 Å². The average molecular weight is 387 g/mol. The molecular weight excluding hydrogens is 371 g/mol. The smallest absolute Gasteiger partial charge is 0.167 e. The summed E-state index contributed by atoms with van der Waals surface area (Å²) in [6.07, 6.45) is -1.45. The van der Waals surface area contributed by atoms with E-state index >= 15 is 0 Å². The lowest BCUT2D eigenvalue weighted by molar-refractivity contribution is 0.221. The Bertz CT molecular complexity index is 1050. The molecule has 3 aromatic rings. The molecule has 1 aliphatic carbocycles. The van der Waals surface area contributed by atoms with E-state index in [4.69, 9.17) is 0 Å². The van der Waals surface area contributed by atoms with Crippen molar-refractivity contribution in [3.8, 4) is 21.6 Å². The van der Waals surface area contributed by atoms with Crippen molar-refractivity contribution >= 4 is 16.3 Å². The van der Waals surface area contributed by atoms with Gasteiger partial charge in [-0.15, -0.1) is 11.3 Å². The molecule has 138 valence electrons. The molecule has 2 heterocycles. The Kier molecular flexibility index (Phi) is 3.81. The molecule has 0 spiro atoms. The normalized spacial score (nSPS) is 20.8. The fraction of sp³-hybridized carbons (Fsp3) is 0.238. The summed E-state index contributed by atoms with van der Waals surface area (Å²) in [7, 11) is 0. The topological polar surface area (TPSA) is 23.5 Å².